The average Bonchev–Trinajstić information content (AvgIpc) is 1.81. The van der Waals surface area contributed by atoms with Gasteiger partial charge in [0.1, 0.15) is 6.10 Å². The SMILES string of the molecule is [CH]=CC(O)C#CC(C)(C)C. The topological polar surface area (TPSA) is 20.2 Å². The Hall–Kier alpha value is -0.740. The normalized spacial score (nSPS) is 13.2. The lowest BCUT2D eigenvalue weighted by Gasteiger charge is -2.07. The molecule has 0 spiro atoms. The van der Waals surface area contributed by atoms with Crippen molar-refractivity contribution in [2.45, 2.75) is 26.9 Å². The van der Waals surface area contributed by atoms with Crippen LogP contribution in [-0.2, 0) is 0 Å². The summed E-state index contributed by atoms with van der Waals surface area (Å²) in [6, 6.07) is 0. The molecular formula is C9H13O. The van der Waals surface area contributed by atoms with E-state index in [0.29, 0.717) is 0 Å². The maximum Gasteiger partial charge on any atom is 0.133 e. The van der Waals surface area contributed by atoms with E-state index in [1.807, 2.05) is 20.8 Å². The van der Waals surface area contributed by atoms with E-state index in [1.54, 1.807) is 0 Å². The molecule has 1 heteroatoms. The first-order chi connectivity index (χ1) is 4.45. The van der Waals surface area contributed by atoms with Crippen LogP contribution in [-0.4, -0.2) is 11.2 Å². The predicted octanol–water partition coefficient (Wildman–Crippen LogP) is 1.39. The first-order valence-electron chi connectivity index (χ1n) is 3.21. The number of hydrogen-bond donors (Lipinski definition) is 1. The van der Waals surface area contributed by atoms with Crippen molar-refractivity contribution < 1.29 is 5.11 Å². The molecule has 1 atom stereocenters. The fourth-order valence-corrected chi connectivity index (χ4v) is 0.339. The van der Waals surface area contributed by atoms with E-state index in [0.717, 1.165) is 0 Å². The molecule has 0 saturated heterocycles. The Morgan fingerprint density at radius 2 is 2.00 bits per heavy atom. The van der Waals surface area contributed by atoms with Gasteiger partial charge in [0.25, 0.3) is 0 Å². The number of hydrogen-bond acceptors (Lipinski definition) is 1. The summed E-state index contributed by atoms with van der Waals surface area (Å²) in [6.45, 7) is 11.0. The Kier molecular flexibility index (Phi) is 3.18. The summed E-state index contributed by atoms with van der Waals surface area (Å²) in [5.41, 5.74) is -0.0655. The van der Waals surface area contributed by atoms with Gasteiger partial charge >= 0.3 is 0 Å². The van der Waals surface area contributed by atoms with Gasteiger partial charge in [-0.15, -0.1) is 0 Å². The maximum absolute atomic E-state index is 8.87. The van der Waals surface area contributed by atoms with Crippen molar-refractivity contribution in [2.24, 2.45) is 5.41 Å². The van der Waals surface area contributed by atoms with Crippen LogP contribution < -0.4 is 0 Å². The maximum atomic E-state index is 8.87. The molecule has 1 unspecified atom stereocenters. The van der Waals surface area contributed by atoms with Crippen molar-refractivity contribution in [1.82, 2.24) is 0 Å². The highest BCUT2D eigenvalue weighted by molar-refractivity contribution is 5.14. The zero-order valence-corrected chi connectivity index (χ0v) is 6.68. The minimum absolute atomic E-state index is 0.0655. The molecule has 0 aliphatic heterocycles. The third kappa shape index (κ3) is 5.40. The highest BCUT2D eigenvalue weighted by Gasteiger charge is 2.03. The molecule has 0 heterocycles. The van der Waals surface area contributed by atoms with Crippen molar-refractivity contribution in [1.29, 1.82) is 0 Å². The largest absolute Gasteiger partial charge is 0.377 e. The number of rotatable bonds is 1. The van der Waals surface area contributed by atoms with Gasteiger partial charge in [-0.05, 0) is 26.8 Å². The molecule has 0 bridgehead atoms. The summed E-state index contributed by atoms with van der Waals surface area (Å²) in [4.78, 5) is 0. The lowest BCUT2D eigenvalue weighted by molar-refractivity contribution is 0.280. The fraction of sp³-hybridized carbons (Fsp3) is 0.556. The fourth-order valence-electron chi connectivity index (χ4n) is 0.339. The van der Waals surface area contributed by atoms with Gasteiger partial charge in [-0.25, -0.2) is 0 Å². The first-order valence-corrected chi connectivity index (χ1v) is 3.21. The molecule has 0 aliphatic carbocycles. The van der Waals surface area contributed by atoms with Gasteiger partial charge in [0, 0.05) is 5.41 Å². The molecule has 1 N–H and O–H groups in total. The highest BCUT2D eigenvalue weighted by atomic mass is 16.3. The van der Waals surface area contributed by atoms with Crippen molar-refractivity contribution in [2.75, 3.05) is 0 Å². The monoisotopic (exact) mass is 137 g/mol. The second-order valence-corrected chi connectivity index (χ2v) is 3.16. The van der Waals surface area contributed by atoms with Gasteiger partial charge in [0.05, 0.1) is 0 Å². The van der Waals surface area contributed by atoms with Crippen LogP contribution >= 0.6 is 0 Å². The summed E-state index contributed by atoms with van der Waals surface area (Å²) in [5, 5.41) is 8.87. The second kappa shape index (κ2) is 3.43. The summed E-state index contributed by atoms with van der Waals surface area (Å²) in [7, 11) is 0. The van der Waals surface area contributed by atoms with E-state index in [-0.39, 0.29) is 5.41 Å². The van der Waals surface area contributed by atoms with Gasteiger partial charge in [0.2, 0.25) is 0 Å². The molecule has 0 aromatic heterocycles. The zero-order chi connectivity index (χ0) is 8.20. The molecule has 1 radical (unpaired) electrons. The zero-order valence-electron chi connectivity index (χ0n) is 6.68. The van der Waals surface area contributed by atoms with Crippen molar-refractivity contribution in [3.05, 3.63) is 12.7 Å². The lowest BCUT2D eigenvalue weighted by atomic mass is 9.98. The highest BCUT2D eigenvalue weighted by Crippen LogP contribution is 2.09. The third-order valence-corrected chi connectivity index (χ3v) is 0.777. The van der Waals surface area contributed by atoms with E-state index < -0.39 is 6.10 Å². The Balaban J connectivity index is 4.03. The van der Waals surface area contributed by atoms with Crippen LogP contribution in [0.2, 0.25) is 0 Å². The van der Waals surface area contributed by atoms with Crippen molar-refractivity contribution in [3.63, 3.8) is 0 Å². The van der Waals surface area contributed by atoms with Crippen LogP contribution in [0.1, 0.15) is 20.8 Å². The van der Waals surface area contributed by atoms with Crippen LogP contribution in [0, 0.1) is 23.8 Å². The standard InChI is InChI=1S/C9H13O/c1-5-8(10)6-7-9(2,3)4/h1,5,8,10H,2-4H3. The van der Waals surface area contributed by atoms with Crippen molar-refractivity contribution >= 4 is 0 Å². The molecule has 0 aromatic rings. The average molecular weight is 137 g/mol. The summed E-state index contributed by atoms with van der Waals surface area (Å²) in [5.74, 6) is 5.46. The van der Waals surface area contributed by atoms with E-state index in [2.05, 4.69) is 11.8 Å². The van der Waals surface area contributed by atoms with Gasteiger partial charge in [-0.3, -0.25) is 0 Å². The smallest absolute Gasteiger partial charge is 0.133 e. The van der Waals surface area contributed by atoms with E-state index in [4.69, 9.17) is 11.7 Å². The first kappa shape index (κ1) is 9.26. The van der Waals surface area contributed by atoms with Gasteiger partial charge < -0.3 is 5.11 Å². The van der Waals surface area contributed by atoms with Crippen LogP contribution in [0.4, 0.5) is 0 Å². The molecule has 0 aliphatic rings. The number of aliphatic hydroxyl groups is 1. The Morgan fingerprint density at radius 1 is 1.50 bits per heavy atom. The Bertz CT molecular complexity index is 163. The Labute approximate surface area is 62.8 Å². The van der Waals surface area contributed by atoms with E-state index >= 15 is 0 Å². The second-order valence-electron chi connectivity index (χ2n) is 3.16. The summed E-state index contributed by atoms with van der Waals surface area (Å²) in [6.07, 6.45) is 0.373. The van der Waals surface area contributed by atoms with Crippen LogP contribution in [0.25, 0.3) is 0 Å². The molecular weight excluding hydrogens is 124 g/mol. The molecule has 0 rings (SSSR count). The third-order valence-electron chi connectivity index (χ3n) is 0.777. The Morgan fingerprint density at radius 3 is 2.30 bits per heavy atom. The van der Waals surface area contributed by atoms with Crippen LogP contribution in [0.15, 0.2) is 6.08 Å². The van der Waals surface area contributed by atoms with E-state index in [9.17, 15) is 0 Å². The minimum atomic E-state index is -0.792. The molecule has 55 valence electrons. The molecule has 0 fully saturated rings. The number of aliphatic hydroxyl groups excluding tert-OH is 1. The predicted molar refractivity (Wildman–Crippen MR) is 42.1 cm³/mol. The van der Waals surface area contributed by atoms with Crippen LogP contribution in [0.3, 0.4) is 0 Å². The minimum Gasteiger partial charge on any atom is -0.377 e. The van der Waals surface area contributed by atoms with Gasteiger partial charge in [-0.2, -0.15) is 0 Å². The molecule has 0 saturated carbocycles. The quantitative estimate of drug-likeness (QED) is 0.541. The van der Waals surface area contributed by atoms with Gasteiger partial charge in [-0.1, -0.05) is 18.4 Å². The molecule has 0 amide bonds. The van der Waals surface area contributed by atoms with Crippen molar-refractivity contribution in [3.8, 4) is 11.8 Å². The summed E-state index contributed by atoms with van der Waals surface area (Å²) >= 11 is 0. The molecule has 0 aromatic carbocycles. The van der Waals surface area contributed by atoms with Crippen LogP contribution in [0.5, 0.6) is 0 Å². The molecule has 1 nitrogen and oxygen atoms in total. The van der Waals surface area contributed by atoms with E-state index in [1.165, 1.54) is 6.08 Å². The summed E-state index contributed by atoms with van der Waals surface area (Å²) < 4.78 is 0. The lowest BCUT2D eigenvalue weighted by Crippen LogP contribution is -2.03. The van der Waals surface area contributed by atoms with Gasteiger partial charge in [0.15, 0.2) is 0 Å². The molecule has 10 heavy (non-hydrogen) atoms.